The fourth-order valence-corrected chi connectivity index (χ4v) is 2.65. The maximum atomic E-state index is 5.53. The Labute approximate surface area is 115 Å². The van der Waals surface area contributed by atoms with Gasteiger partial charge in [-0.05, 0) is 33.2 Å². The molecular weight excluding hydrogens is 240 g/mol. The maximum Gasteiger partial charge on any atom is 0.138 e. The molecule has 0 spiro atoms. The second kappa shape index (κ2) is 7.01. The third-order valence-corrected chi connectivity index (χ3v) is 3.73. The molecule has 5 heteroatoms. The Morgan fingerprint density at radius 2 is 2.37 bits per heavy atom. The van der Waals surface area contributed by atoms with Gasteiger partial charge in [-0.1, -0.05) is 6.92 Å². The number of nitrogens with zero attached hydrogens (tertiary/aromatic N) is 3. The summed E-state index contributed by atoms with van der Waals surface area (Å²) in [5, 5.41) is 7.98. The molecule has 1 aliphatic rings. The van der Waals surface area contributed by atoms with Crippen LogP contribution in [0.15, 0.2) is 6.33 Å². The van der Waals surface area contributed by atoms with Gasteiger partial charge in [0.15, 0.2) is 0 Å². The lowest BCUT2D eigenvalue weighted by Gasteiger charge is -2.24. The van der Waals surface area contributed by atoms with Gasteiger partial charge < -0.3 is 10.1 Å². The van der Waals surface area contributed by atoms with Gasteiger partial charge in [0, 0.05) is 31.0 Å². The van der Waals surface area contributed by atoms with Crippen molar-refractivity contribution in [3.05, 3.63) is 12.2 Å². The fourth-order valence-electron chi connectivity index (χ4n) is 2.65. The molecule has 5 nitrogen and oxygen atoms in total. The molecule has 1 aliphatic heterocycles. The Hall–Kier alpha value is -0.940. The SMILES string of the molecule is CCCNC(Cc1ncnn1C(C)C)C1CCOC1. The minimum Gasteiger partial charge on any atom is -0.381 e. The van der Waals surface area contributed by atoms with Crippen LogP contribution in [0.1, 0.15) is 45.5 Å². The van der Waals surface area contributed by atoms with Gasteiger partial charge in [0.05, 0.1) is 6.61 Å². The van der Waals surface area contributed by atoms with Crippen LogP contribution < -0.4 is 5.32 Å². The van der Waals surface area contributed by atoms with Crippen molar-refractivity contribution < 1.29 is 4.74 Å². The van der Waals surface area contributed by atoms with Gasteiger partial charge in [-0.15, -0.1) is 0 Å². The number of hydrogen-bond acceptors (Lipinski definition) is 4. The van der Waals surface area contributed by atoms with E-state index in [4.69, 9.17) is 4.74 Å². The van der Waals surface area contributed by atoms with E-state index >= 15 is 0 Å². The lowest BCUT2D eigenvalue weighted by molar-refractivity contribution is 0.176. The molecule has 2 atom stereocenters. The normalized spacial score (nSPS) is 21.2. The highest BCUT2D eigenvalue weighted by Gasteiger charge is 2.27. The van der Waals surface area contributed by atoms with Crippen LogP contribution in [0.2, 0.25) is 0 Å². The smallest absolute Gasteiger partial charge is 0.138 e. The van der Waals surface area contributed by atoms with Crippen LogP contribution in [0.5, 0.6) is 0 Å². The van der Waals surface area contributed by atoms with Crippen LogP contribution in [-0.4, -0.2) is 40.6 Å². The molecule has 2 unspecified atom stereocenters. The Morgan fingerprint density at radius 3 is 3.00 bits per heavy atom. The lowest BCUT2D eigenvalue weighted by atomic mass is 9.95. The molecule has 19 heavy (non-hydrogen) atoms. The van der Waals surface area contributed by atoms with Crippen molar-refractivity contribution >= 4 is 0 Å². The van der Waals surface area contributed by atoms with Crippen molar-refractivity contribution in [3.63, 3.8) is 0 Å². The molecular formula is C14H26N4O. The van der Waals surface area contributed by atoms with Crippen molar-refractivity contribution in [1.29, 1.82) is 0 Å². The third kappa shape index (κ3) is 3.76. The van der Waals surface area contributed by atoms with Gasteiger partial charge in [-0.3, -0.25) is 0 Å². The summed E-state index contributed by atoms with van der Waals surface area (Å²) in [6, 6.07) is 0.813. The van der Waals surface area contributed by atoms with E-state index in [2.05, 4.69) is 36.2 Å². The van der Waals surface area contributed by atoms with Gasteiger partial charge in [0.1, 0.15) is 12.2 Å². The van der Waals surface area contributed by atoms with E-state index < -0.39 is 0 Å². The summed E-state index contributed by atoms with van der Waals surface area (Å²) >= 11 is 0. The summed E-state index contributed by atoms with van der Waals surface area (Å²) in [4.78, 5) is 4.43. The van der Waals surface area contributed by atoms with Crippen LogP contribution >= 0.6 is 0 Å². The van der Waals surface area contributed by atoms with Crippen LogP contribution in [0.3, 0.4) is 0 Å². The first kappa shape index (κ1) is 14.5. The molecule has 1 N–H and O–H groups in total. The Bertz CT molecular complexity index is 371. The molecule has 2 heterocycles. The molecule has 0 radical (unpaired) electrons. The van der Waals surface area contributed by atoms with Crippen LogP contribution in [0.25, 0.3) is 0 Å². The molecule has 1 aromatic rings. The second-order valence-corrected chi connectivity index (χ2v) is 5.60. The minimum absolute atomic E-state index is 0.365. The van der Waals surface area contributed by atoms with E-state index in [1.807, 2.05) is 4.68 Å². The molecule has 108 valence electrons. The number of aromatic nitrogens is 3. The third-order valence-electron chi connectivity index (χ3n) is 3.73. The summed E-state index contributed by atoms with van der Waals surface area (Å²) < 4.78 is 7.56. The summed E-state index contributed by atoms with van der Waals surface area (Å²) in [5.41, 5.74) is 0. The van der Waals surface area contributed by atoms with Crippen molar-refractivity contribution in [2.45, 2.75) is 52.1 Å². The predicted molar refractivity (Wildman–Crippen MR) is 75.1 cm³/mol. The van der Waals surface area contributed by atoms with Crippen LogP contribution in [0.4, 0.5) is 0 Å². The van der Waals surface area contributed by atoms with Gasteiger partial charge >= 0.3 is 0 Å². The number of ether oxygens (including phenoxy) is 1. The molecule has 0 aliphatic carbocycles. The van der Waals surface area contributed by atoms with Gasteiger partial charge in [0.25, 0.3) is 0 Å². The van der Waals surface area contributed by atoms with E-state index in [9.17, 15) is 0 Å². The first-order chi connectivity index (χ1) is 9.22. The zero-order valence-corrected chi connectivity index (χ0v) is 12.3. The average Bonchev–Trinajstić information content (AvgIpc) is 3.04. The zero-order valence-electron chi connectivity index (χ0n) is 12.3. The number of nitrogens with one attached hydrogen (secondary N) is 1. The first-order valence-electron chi connectivity index (χ1n) is 7.41. The molecule has 0 bridgehead atoms. The van der Waals surface area contributed by atoms with Crippen LogP contribution in [-0.2, 0) is 11.2 Å². The summed E-state index contributed by atoms with van der Waals surface area (Å²) in [6.07, 6.45) is 4.90. The standard InChI is InChI=1S/C14H26N4O/c1-4-6-15-13(12-5-7-19-9-12)8-14-16-10-17-18(14)11(2)3/h10-13,15H,4-9H2,1-3H3. The van der Waals surface area contributed by atoms with E-state index in [-0.39, 0.29) is 0 Å². The first-order valence-corrected chi connectivity index (χ1v) is 7.41. The molecule has 1 aromatic heterocycles. The number of hydrogen-bond donors (Lipinski definition) is 1. The average molecular weight is 266 g/mol. The largest absolute Gasteiger partial charge is 0.381 e. The van der Waals surface area contributed by atoms with Crippen molar-refractivity contribution in [2.24, 2.45) is 5.92 Å². The van der Waals surface area contributed by atoms with Crippen molar-refractivity contribution in [2.75, 3.05) is 19.8 Å². The van der Waals surface area contributed by atoms with Crippen molar-refractivity contribution in [3.8, 4) is 0 Å². The highest BCUT2D eigenvalue weighted by atomic mass is 16.5. The Kier molecular flexibility index (Phi) is 5.34. The summed E-state index contributed by atoms with van der Waals surface area (Å²) in [7, 11) is 0. The van der Waals surface area contributed by atoms with Gasteiger partial charge in [-0.25, -0.2) is 9.67 Å². The highest BCUT2D eigenvalue weighted by Crippen LogP contribution is 2.20. The Morgan fingerprint density at radius 1 is 1.53 bits per heavy atom. The minimum atomic E-state index is 0.365. The fraction of sp³-hybridized carbons (Fsp3) is 0.857. The predicted octanol–water partition coefficient (Wildman–Crippen LogP) is 1.81. The lowest BCUT2D eigenvalue weighted by Crippen LogP contribution is -2.39. The van der Waals surface area contributed by atoms with Gasteiger partial charge in [-0.2, -0.15) is 5.10 Å². The van der Waals surface area contributed by atoms with E-state index in [1.165, 1.54) is 0 Å². The van der Waals surface area contributed by atoms with E-state index in [0.29, 0.717) is 18.0 Å². The zero-order chi connectivity index (χ0) is 13.7. The van der Waals surface area contributed by atoms with Crippen LogP contribution in [0, 0.1) is 5.92 Å². The summed E-state index contributed by atoms with van der Waals surface area (Å²) in [5.74, 6) is 1.68. The van der Waals surface area contributed by atoms with Gasteiger partial charge in [0.2, 0.25) is 0 Å². The Balaban J connectivity index is 2.03. The molecule has 1 saturated heterocycles. The summed E-state index contributed by atoms with van der Waals surface area (Å²) in [6.45, 7) is 9.31. The molecule has 0 saturated carbocycles. The monoisotopic (exact) mass is 266 g/mol. The van der Waals surface area contributed by atoms with E-state index in [1.54, 1.807) is 6.33 Å². The molecule has 0 amide bonds. The topological polar surface area (TPSA) is 52.0 Å². The quantitative estimate of drug-likeness (QED) is 0.817. The number of rotatable bonds is 7. The van der Waals surface area contributed by atoms with Crippen molar-refractivity contribution in [1.82, 2.24) is 20.1 Å². The van der Waals surface area contributed by atoms with E-state index in [0.717, 1.165) is 44.8 Å². The molecule has 1 fully saturated rings. The second-order valence-electron chi connectivity index (χ2n) is 5.60. The molecule has 0 aromatic carbocycles. The highest BCUT2D eigenvalue weighted by molar-refractivity contribution is 4.94. The maximum absolute atomic E-state index is 5.53. The molecule has 2 rings (SSSR count).